The van der Waals surface area contributed by atoms with Crippen LogP contribution < -0.4 is 9.47 Å². The first kappa shape index (κ1) is 13.6. The average Bonchev–Trinajstić information content (AvgIpc) is 3.15. The minimum absolute atomic E-state index is 0.0242. The summed E-state index contributed by atoms with van der Waals surface area (Å²) in [6, 6.07) is 5.36. The van der Waals surface area contributed by atoms with Crippen LogP contribution in [0.2, 0.25) is 0 Å². The number of rotatable bonds is 4. The van der Waals surface area contributed by atoms with Gasteiger partial charge in [0.15, 0.2) is 0 Å². The van der Waals surface area contributed by atoms with E-state index in [1.165, 1.54) is 0 Å². The van der Waals surface area contributed by atoms with E-state index in [1.54, 1.807) is 39.2 Å². The topological polar surface area (TPSA) is 48.1 Å². The van der Waals surface area contributed by atoms with Crippen molar-refractivity contribution in [1.29, 1.82) is 0 Å². The Balaban J connectivity index is 2.27. The average molecular weight is 262 g/mol. The molecule has 19 heavy (non-hydrogen) atoms. The third kappa shape index (κ3) is 2.96. The molecule has 0 bridgehead atoms. The molecule has 0 aliphatic carbocycles. The smallest absolute Gasteiger partial charge is 0.338 e. The normalized spacial score (nSPS) is 22.0. The lowest BCUT2D eigenvalue weighted by atomic mass is 10.1. The molecule has 1 aliphatic rings. The van der Waals surface area contributed by atoms with Gasteiger partial charge in [0.1, 0.15) is 17.6 Å². The molecule has 1 aromatic rings. The molecule has 0 N–H and O–H groups in total. The number of esters is 1. The van der Waals surface area contributed by atoms with Gasteiger partial charge in [0, 0.05) is 11.1 Å². The van der Waals surface area contributed by atoms with Gasteiger partial charge in [-0.3, -0.25) is 0 Å². The number of hydrogen-bond acceptors (Lipinski definition) is 4. The van der Waals surface area contributed by atoms with E-state index in [9.17, 15) is 4.79 Å². The predicted molar refractivity (Wildman–Crippen MR) is 71.3 cm³/mol. The highest BCUT2D eigenvalue weighted by atomic mass is 16.6. The highest BCUT2D eigenvalue weighted by Crippen LogP contribution is 2.44. The number of benzene rings is 1. The number of hydrogen-bond donors (Lipinski definition) is 0. The van der Waals surface area contributed by atoms with Crippen molar-refractivity contribution in [2.75, 3.05) is 7.11 Å². The van der Waals surface area contributed by atoms with Crippen molar-refractivity contribution in [3.63, 3.8) is 0 Å². The van der Waals surface area contributed by atoms with Crippen molar-refractivity contribution in [3.8, 4) is 11.5 Å². The Labute approximate surface area is 113 Å². The molecule has 0 aromatic heterocycles. The molecule has 0 saturated carbocycles. The summed E-state index contributed by atoms with van der Waals surface area (Å²) in [4.78, 5) is 11.8. The molecular formula is C15H18O4. The van der Waals surface area contributed by atoms with E-state index in [1.807, 2.05) is 13.0 Å². The van der Waals surface area contributed by atoms with E-state index >= 15 is 0 Å². The molecule has 2 atom stereocenters. The molecule has 1 aliphatic heterocycles. The van der Waals surface area contributed by atoms with Crippen LogP contribution in [0.3, 0.4) is 0 Å². The van der Waals surface area contributed by atoms with Gasteiger partial charge in [-0.05, 0) is 39.0 Å². The number of carbonyl (C=O) groups is 1. The number of carbonyl (C=O) groups excluding carboxylic acids is 1. The third-order valence-corrected chi connectivity index (χ3v) is 3.19. The fraction of sp³-hybridized carbons (Fsp3) is 0.400. The molecule has 0 radical (unpaired) electrons. The van der Waals surface area contributed by atoms with Gasteiger partial charge >= 0.3 is 5.97 Å². The Morgan fingerprint density at radius 1 is 1.42 bits per heavy atom. The molecule has 0 unspecified atom stereocenters. The van der Waals surface area contributed by atoms with E-state index in [0.29, 0.717) is 11.3 Å². The van der Waals surface area contributed by atoms with E-state index < -0.39 is 0 Å². The van der Waals surface area contributed by atoms with Crippen LogP contribution in [0.1, 0.15) is 32.4 Å². The molecule has 102 valence electrons. The van der Waals surface area contributed by atoms with E-state index in [-0.39, 0.29) is 18.2 Å². The second-order valence-corrected chi connectivity index (χ2v) is 4.53. The molecule has 1 aromatic carbocycles. The standard InChI is InChI=1S/C15H18O4/c1-5-9(2)15(16)19-13-7-6-11(17-4)8-12(13)14-10(3)18-14/h5-8,10,14H,1-4H3/b9-5-/t10-,14-/m0/s1. The summed E-state index contributed by atoms with van der Waals surface area (Å²) in [7, 11) is 1.60. The fourth-order valence-electron chi connectivity index (χ4n) is 1.78. The SMILES string of the molecule is C/C=C(/C)C(=O)Oc1ccc(OC)cc1[C@H]1O[C@H]1C. The lowest BCUT2D eigenvalue weighted by molar-refractivity contribution is -0.130. The minimum atomic E-state index is -0.345. The van der Waals surface area contributed by atoms with Gasteiger partial charge in [-0.25, -0.2) is 4.79 Å². The molecule has 2 rings (SSSR count). The van der Waals surface area contributed by atoms with Gasteiger partial charge in [-0.15, -0.1) is 0 Å². The van der Waals surface area contributed by atoms with Crippen molar-refractivity contribution in [2.45, 2.75) is 33.0 Å². The maximum absolute atomic E-state index is 11.8. The summed E-state index contributed by atoms with van der Waals surface area (Å²) < 4.78 is 16.0. The summed E-state index contributed by atoms with van der Waals surface area (Å²) >= 11 is 0. The summed E-state index contributed by atoms with van der Waals surface area (Å²) in [5.41, 5.74) is 1.43. The third-order valence-electron chi connectivity index (χ3n) is 3.19. The number of epoxide rings is 1. The molecule has 4 nitrogen and oxygen atoms in total. The van der Waals surface area contributed by atoms with Gasteiger partial charge < -0.3 is 14.2 Å². The highest BCUT2D eigenvalue weighted by molar-refractivity contribution is 5.89. The lowest BCUT2D eigenvalue weighted by Gasteiger charge is -2.10. The maximum Gasteiger partial charge on any atom is 0.338 e. The zero-order valence-corrected chi connectivity index (χ0v) is 11.6. The monoisotopic (exact) mass is 262 g/mol. The molecule has 1 heterocycles. The summed E-state index contributed by atoms with van der Waals surface area (Å²) in [5, 5.41) is 0. The quantitative estimate of drug-likeness (QED) is 0.362. The van der Waals surface area contributed by atoms with Crippen LogP contribution in [0.25, 0.3) is 0 Å². The maximum atomic E-state index is 11.8. The second kappa shape index (κ2) is 5.45. The first-order valence-corrected chi connectivity index (χ1v) is 6.25. The molecule has 0 amide bonds. The van der Waals surface area contributed by atoms with Crippen LogP contribution in [-0.4, -0.2) is 19.2 Å². The molecule has 1 fully saturated rings. The molecule has 1 saturated heterocycles. The van der Waals surface area contributed by atoms with Crippen LogP contribution >= 0.6 is 0 Å². The van der Waals surface area contributed by atoms with Crippen molar-refractivity contribution in [1.82, 2.24) is 0 Å². The van der Waals surface area contributed by atoms with Crippen LogP contribution in [0, 0.1) is 0 Å². The summed E-state index contributed by atoms with van der Waals surface area (Å²) in [5.74, 6) is 0.906. The van der Waals surface area contributed by atoms with E-state index in [2.05, 4.69) is 0 Å². The van der Waals surface area contributed by atoms with Crippen molar-refractivity contribution < 1.29 is 19.0 Å². The van der Waals surface area contributed by atoms with Crippen molar-refractivity contribution in [3.05, 3.63) is 35.4 Å². The van der Waals surface area contributed by atoms with Gasteiger partial charge in [0.05, 0.1) is 13.2 Å². The van der Waals surface area contributed by atoms with Crippen molar-refractivity contribution >= 4 is 5.97 Å². The van der Waals surface area contributed by atoms with Gasteiger partial charge in [0.25, 0.3) is 0 Å². The van der Waals surface area contributed by atoms with E-state index in [4.69, 9.17) is 14.2 Å². The Morgan fingerprint density at radius 3 is 2.63 bits per heavy atom. The van der Waals surface area contributed by atoms with Gasteiger partial charge in [-0.2, -0.15) is 0 Å². The zero-order valence-electron chi connectivity index (χ0n) is 11.6. The van der Waals surface area contributed by atoms with E-state index in [0.717, 1.165) is 11.3 Å². The Bertz CT molecular complexity index is 519. The lowest BCUT2D eigenvalue weighted by Crippen LogP contribution is -2.10. The van der Waals surface area contributed by atoms with Crippen LogP contribution in [0.4, 0.5) is 0 Å². The second-order valence-electron chi connectivity index (χ2n) is 4.53. The number of allylic oxidation sites excluding steroid dienone is 1. The van der Waals surface area contributed by atoms with Gasteiger partial charge in [0.2, 0.25) is 0 Å². The fourth-order valence-corrected chi connectivity index (χ4v) is 1.78. The van der Waals surface area contributed by atoms with Gasteiger partial charge in [-0.1, -0.05) is 6.08 Å². The Hall–Kier alpha value is -1.81. The molecule has 0 spiro atoms. The Kier molecular flexibility index (Phi) is 3.90. The van der Waals surface area contributed by atoms with Crippen molar-refractivity contribution in [2.24, 2.45) is 0 Å². The number of methoxy groups -OCH3 is 1. The first-order valence-electron chi connectivity index (χ1n) is 6.25. The number of ether oxygens (including phenoxy) is 3. The van der Waals surface area contributed by atoms with Crippen LogP contribution in [-0.2, 0) is 9.53 Å². The molecule has 4 heteroatoms. The Morgan fingerprint density at radius 2 is 2.11 bits per heavy atom. The largest absolute Gasteiger partial charge is 0.497 e. The predicted octanol–water partition coefficient (Wildman–Crippen LogP) is 3.03. The summed E-state index contributed by atoms with van der Waals surface area (Å²) in [6.07, 6.45) is 1.85. The van der Waals surface area contributed by atoms with Crippen LogP contribution in [0.15, 0.2) is 29.8 Å². The molecular weight excluding hydrogens is 244 g/mol. The minimum Gasteiger partial charge on any atom is -0.497 e. The van der Waals surface area contributed by atoms with Crippen LogP contribution in [0.5, 0.6) is 11.5 Å². The summed E-state index contributed by atoms with van der Waals surface area (Å²) in [6.45, 7) is 5.51. The highest BCUT2D eigenvalue weighted by Gasteiger charge is 2.38. The first-order chi connectivity index (χ1) is 9.06. The zero-order chi connectivity index (χ0) is 14.0.